The summed E-state index contributed by atoms with van der Waals surface area (Å²) in [5.41, 5.74) is 3.11. The third-order valence-corrected chi connectivity index (χ3v) is 3.90. The number of amides is 2. The molecule has 1 aromatic heterocycles. The fourth-order valence-electron chi connectivity index (χ4n) is 2.23. The molecule has 0 saturated heterocycles. The monoisotopic (exact) mass is 297 g/mol. The van der Waals surface area contributed by atoms with E-state index in [0.29, 0.717) is 5.92 Å². The Balaban J connectivity index is 1.92. The second-order valence-electron chi connectivity index (χ2n) is 5.53. The van der Waals surface area contributed by atoms with E-state index in [9.17, 15) is 4.79 Å². The first-order chi connectivity index (χ1) is 10.6. The molecular formula is C18H23N3O. The smallest absolute Gasteiger partial charge is 0.319 e. The Morgan fingerprint density at radius 3 is 2.27 bits per heavy atom. The quantitative estimate of drug-likeness (QED) is 0.855. The van der Waals surface area contributed by atoms with Crippen LogP contribution in [0.25, 0.3) is 0 Å². The summed E-state index contributed by atoms with van der Waals surface area (Å²) >= 11 is 0. The molecule has 22 heavy (non-hydrogen) atoms. The van der Waals surface area contributed by atoms with Crippen LogP contribution in [0.1, 0.15) is 50.3 Å². The van der Waals surface area contributed by atoms with Crippen molar-refractivity contribution in [3.05, 3.63) is 59.9 Å². The number of carbonyl (C=O) groups excluding carboxylic acids is 1. The molecule has 2 N–H and O–H groups in total. The average Bonchev–Trinajstić information content (AvgIpc) is 2.55. The first kappa shape index (κ1) is 16.0. The van der Waals surface area contributed by atoms with Crippen LogP contribution in [-0.4, -0.2) is 11.0 Å². The van der Waals surface area contributed by atoms with Crippen LogP contribution in [0.15, 0.2) is 48.8 Å². The molecule has 2 aromatic rings. The molecule has 2 atom stereocenters. The van der Waals surface area contributed by atoms with Gasteiger partial charge in [0.15, 0.2) is 0 Å². The summed E-state index contributed by atoms with van der Waals surface area (Å²) in [6, 6.07) is 11.5. The number of hydrogen-bond acceptors (Lipinski definition) is 2. The number of anilines is 1. The van der Waals surface area contributed by atoms with Gasteiger partial charge >= 0.3 is 6.03 Å². The van der Waals surface area contributed by atoms with Gasteiger partial charge in [-0.25, -0.2) is 4.79 Å². The number of nitrogens with zero attached hydrogens (tertiary/aromatic N) is 1. The van der Waals surface area contributed by atoms with Gasteiger partial charge in [-0.3, -0.25) is 4.98 Å². The molecule has 1 aromatic carbocycles. The summed E-state index contributed by atoms with van der Waals surface area (Å²) in [5.74, 6) is 0.537. The zero-order valence-electron chi connectivity index (χ0n) is 13.3. The Bertz CT molecular complexity index is 595. The Morgan fingerprint density at radius 1 is 1.05 bits per heavy atom. The van der Waals surface area contributed by atoms with Crippen LogP contribution in [0.5, 0.6) is 0 Å². The van der Waals surface area contributed by atoms with Crippen LogP contribution < -0.4 is 10.6 Å². The molecule has 0 radical (unpaired) electrons. The van der Waals surface area contributed by atoms with Crippen LogP contribution in [0.4, 0.5) is 10.5 Å². The molecule has 0 bridgehead atoms. The van der Waals surface area contributed by atoms with Gasteiger partial charge in [0.25, 0.3) is 0 Å². The first-order valence-electron chi connectivity index (χ1n) is 7.67. The summed E-state index contributed by atoms with van der Waals surface area (Å²) in [7, 11) is 0. The molecule has 0 aliphatic carbocycles. The van der Waals surface area contributed by atoms with Gasteiger partial charge in [-0.2, -0.15) is 0 Å². The van der Waals surface area contributed by atoms with Crippen molar-refractivity contribution < 1.29 is 4.79 Å². The molecule has 0 aliphatic heterocycles. The minimum Gasteiger partial charge on any atom is -0.331 e. The lowest BCUT2D eigenvalue weighted by Gasteiger charge is -2.15. The minimum absolute atomic E-state index is 0.0672. The average molecular weight is 297 g/mol. The van der Waals surface area contributed by atoms with Crippen LogP contribution >= 0.6 is 0 Å². The van der Waals surface area contributed by atoms with Crippen LogP contribution in [0.2, 0.25) is 0 Å². The first-order valence-corrected chi connectivity index (χ1v) is 7.67. The van der Waals surface area contributed by atoms with Crippen LogP contribution in [0.3, 0.4) is 0 Å². The van der Waals surface area contributed by atoms with E-state index in [1.807, 2.05) is 31.2 Å². The van der Waals surface area contributed by atoms with Gasteiger partial charge in [-0.15, -0.1) is 0 Å². The highest BCUT2D eigenvalue weighted by atomic mass is 16.2. The standard InChI is InChI=1S/C18H23N3O/c1-4-13(2)15-5-7-17(8-6-15)21-18(22)20-14(3)16-9-11-19-12-10-16/h5-14H,4H2,1-3H3,(H2,20,21,22)/t13-,14+/m0/s1. The maximum Gasteiger partial charge on any atom is 0.319 e. The van der Waals surface area contributed by atoms with Crippen molar-refractivity contribution in [3.63, 3.8) is 0 Å². The largest absolute Gasteiger partial charge is 0.331 e. The van der Waals surface area contributed by atoms with E-state index in [1.54, 1.807) is 12.4 Å². The van der Waals surface area contributed by atoms with E-state index in [-0.39, 0.29) is 12.1 Å². The number of aromatic nitrogens is 1. The van der Waals surface area contributed by atoms with E-state index in [0.717, 1.165) is 17.7 Å². The van der Waals surface area contributed by atoms with E-state index < -0.39 is 0 Å². The maximum atomic E-state index is 12.0. The summed E-state index contributed by atoms with van der Waals surface area (Å²) in [5, 5.41) is 5.78. The van der Waals surface area contributed by atoms with Crippen molar-refractivity contribution >= 4 is 11.7 Å². The maximum absolute atomic E-state index is 12.0. The predicted octanol–water partition coefficient (Wildman–Crippen LogP) is 4.48. The second kappa shape index (κ2) is 7.59. The third-order valence-electron chi connectivity index (χ3n) is 3.90. The number of hydrogen-bond donors (Lipinski definition) is 2. The molecule has 116 valence electrons. The number of rotatable bonds is 5. The number of urea groups is 1. The fraction of sp³-hybridized carbons (Fsp3) is 0.333. The SMILES string of the molecule is CC[C@H](C)c1ccc(NC(=O)N[C@H](C)c2ccncc2)cc1. The number of benzene rings is 1. The molecule has 2 rings (SSSR count). The second-order valence-corrected chi connectivity index (χ2v) is 5.53. The van der Waals surface area contributed by atoms with E-state index in [2.05, 4.69) is 41.6 Å². The van der Waals surface area contributed by atoms with Gasteiger partial charge in [0.05, 0.1) is 6.04 Å². The van der Waals surface area contributed by atoms with Crippen LogP contribution in [0, 0.1) is 0 Å². The minimum atomic E-state index is -0.208. The van der Waals surface area contributed by atoms with Crippen molar-refractivity contribution in [2.24, 2.45) is 0 Å². The zero-order valence-corrected chi connectivity index (χ0v) is 13.3. The van der Waals surface area contributed by atoms with Crippen molar-refractivity contribution in [1.82, 2.24) is 10.3 Å². The lowest BCUT2D eigenvalue weighted by Crippen LogP contribution is -2.31. The van der Waals surface area contributed by atoms with E-state index >= 15 is 0 Å². The van der Waals surface area contributed by atoms with Crippen molar-refractivity contribution in [2.45, 2.75) is 39.2 Å². The molecule has 0 spiro atoms. The summed E-state index contributed by atoms with van der Waals surface area (Å²) in [6.07, 6.45) is 4.55. The lowest BCUT2D eigenvalue weighted by atomic mass is 9.99. The molecule has 4 heteroatoms. The molecule has 0 aliphatic rings. The fourth-order valence-corrected chi connectivity index (χ4v) is 2.23. The van der Waals surface area contributed by atoms with Gasteiger partial charge in [-0.1, -0.05) is 26.0 Å². The third kappa shape index (κ3) is 4.32. The molecule has 2 amide bonds. The van der Waals surface area contributed by atoms with Gasteiger partial charge in [0.2, 0.25) is 0 Å². The van der Waals surface area contributed by atoms with Gasteiger partial charge in [0, 0.05) is 18.1 Å². The molecule has 1 heterocycles. The van der Waals surface area contributed by atoms with Gasteiger partial charge in [-0.05, 0) is 54.7 Å². The molecule has 0 fully saturated rings. The number of pyridine rings is 1. The van der Waals surface area contributed by atoms with E-state index in [1.165, 1.54) is 5.56 Å². The van der Waals surface area contributed by atoms with E-state index in [4.69, 9.17) is 0 Å². The Hall–Kier alpha value is -2.36. The highest BCUT2D eigenvalue weighted by molar-refractivity contribution is 5.89. The van der Waals surface area contributed by atoms with Gasteiger partial charge in [0.1, 0.15) is 0 Å². The summed E-state index contributed by atoms with van der Waals surface area (Å²) < 4.78 is 0. The van der Waals surface area contributed by atoms with Crippen molar-refractivity contribution in [3.8, 4) is 0 Å². The summed E-state index contributed by atoms with van der Waals surface area (Å²) in [6.45, 7) is 6.32. The highest BCUT2D eigenvalue weighted by Crippen LogP contribution is 2.20. The number of nitrogens with one attached hydrogen (secondary N) is 2. The normalized spacial score (nSPS) is 13.2. The Kier molecular flexibility index (Phi) is 5.53. The van der Waals surface area contributed by atoms with Crippen molar-refractivity contribution in [2.75, 3.05) is 5.32 Å². The molecule has 4 nitrogen and oxygen atoms in total. The topological polar surface area (TPSA) is 54.0 Å². The molecule has 0 saturated carbocycles. The Morgan fingerprint density at radius 2 is 1.68 bits per heavy atom. The predicted molar refractivity (Wildman–Crippen MR) is 90.0 cm³/mol. The Labute approximate surface area is 132 Å². The number of carbonyl (C=O) groups is 1. The lowest BCUT2D eigenvalue weighted by molar-refractivity contribution is 0.249. The highest BCUT2D eigenvalue weighted by Gasteiger charge is 2.09. The van der Waals surface area contributed by atoms with Gasteiger partial charge < -0.3 is 10.6 Å². The molecule has 0 unspecified atom stereocenters. The zero-order chi connectivity index (χ0) is 15.9. The van der Waals surface area contributed by atoms with Crippen molar-refractivity contribution in [1.29, 1.82) is 0 Å². The molecular weight excluding hydrogens is 274 g/mol. The summed E-state index contributed by atoms with van der Waals surface area (Å²) in [4.78, 5) is 16.0. The van der Waals surface area contributed by atoms with Crippen LogP contribution in [-0.2, 0) is 0 Å².